The first-order valence-electron chi connectivity index (χ1n) is 7.43. The standard InChI is InChI=1S/C20H23OP/c1-4-5-12-18(2)22(17-21-3,19-13-8-6-9-14-19)20-15-10-7-11-16-20/h4-17H,1-3H3. The Balaban J connectivity index is 2.80. The summed E-state index contributed by atoms with van der Waals surface area (Å²) in [5.41, 5.74) is 0. The average molecular weight is 310 g/mol. The van der Waals surface area contributed by atoms with Gasteiger partial charge in [-0.15, -0.1) is 0 Å². The molecule has 0 fully saturated rings. The van der Waals surface area contributed by atoms with Crippen molar-refractivity contribution in [2.24, 2.45) is 0 Å². The zero-order valence-corrected chi connectivity index (χ0v) is 14.3. The lowest BCUT2D eigenvalue weighted by molar-refractivity contribution is 0.431. The molecule has 0 aromatic heterocycles. The Morgan fingerprint density at radius 2 is 1.41 bits per heavy atom. The predicted octanol–water partition coefficient (Wildman–Crippen LogP) is 4.54. The van der Waals surface area contributed by atoms with E-state index in [1.54, 1.807) is 7.11 Å². The lowest BCUT2D eigenvalue weighted by Crippen LogP contribution is -2.19. The van der Waals surface area contributed by atoms with E-state index in [0.29, 0.717) is 0 Å². The van der Waals surface area contributed by atoms with Gasteiger partial charge in [-0.05, 0) is 36.7 Å². The van der Waals surface area contributed by atoms with E-state index in [4.69, 9.17) is 4.74 Å². The van der Waals surface area contributed by atoms with Crippen LogP contribution < -0.4 is 10.6 Å². The maximum Gasteiger partial charge on any atom is 0.0470 e. The summed E-state index contributed by atoms with van der Waals surface area (Å²) in [6.07, 6.45) is 6.35. The molecule has 2 aromatic rings. The largest absolute Gasteiger partial charge is 0.356 e. The van der Waals surface area contributed by atoms with Crippen LogP contribution in [0.1, 0.15) is 13.8 Å². The second-order valence-corrected chi connectivity index (χ2v) is 8.46. The topological polar surface area (TPSA) is 9.23 Å². The van der Waals surface area contributed by atoms with E-state index in [1.807, 2.05) is 12.9 Å². The third kappa shape index (κ3) is 3.32. The number of hydrogen-bond acceptors (Lipinski definition) is 1. The molecule has 1 nitrogen and oxygen atoms in total. The van der Waals surface area contributed by atoms with Gasteiger partial charge in [-0.25, -0.2) is 0 Å². The molecule has 2 heteroatoms. The third-order valence-corrected chi connectivity index (χ3v) is 7.69. The van der Waals surface area contributed by atoms with Crippen LogP contribution in [0.5, 0.6) is 0 Å². The summed E-state index contributed by atoms with van der Waals surface area (Å²) in [5.74, 6) is 2.03. The summed E-state index contributed by atoms with van der Waals surface area (Å²) in [7, 11) is 1.74. The highest BCUT2D eigenvalue weighted by molar-refractivity contribution is 7.91. The molecule has 0 bridgehead atoms. The van der Waals surface area contributed by atoms with Crippen LogP contribution in [-0.2, 0) is 4.74 Å². The van der Waals surface area contributed by atoms with Gasteiger partial charge < -0.3 is 4.74 Å². The summed E-state index contributed by atoms with van der Waals surface area (Å²) in [6.45, 7) is 2.38. The molecule has 0 radical (unpaired) electrons. The minimum atomic E-state index is -1.86. The van der Waals surface area contributed by atoms with Crippen LogP contribution in [0.4, 0.5) is 0 Å². The van der Waals surface area contributed by atoms with E-state index in [9.17, 15) is 0 Å². The quantitative estimate of drug-likeness (QED) is 0.582. The van der Waals surface area contributed by atoms with Crippen LogP contribution in [0.15, 0.2) is 84.2 Å². The summed E-state index contributed by atoms with van der Waals surface area (Å²) < 4.78 is 5.58. The van der Waals surface area contributed by atoms with Gasteiger partial charge in [-0.2, -0.15) is 0 Å². The van der Waals surface area contributed by atoms with Crippen molar-refractivity contribution in [2.45, 2.75) is 13.8 Å². The lowest BCUT2D eigenvalue weighted by Gasteiger charge is -2.28. The van der Waals surface area contributed by atoms with E-state index >= 15 is 0 Å². The molecule has 0 saturated carbocycles. The maximum absolute atomic E-state index is 5.58. The van der Waals surface area contributed by atoms with Crippen molar-refractivity contribution in [1.82, 2.24) is 0 Å². The molecule has 0 atom stereocenters. The van der Waals surface area contributed by atoms with Gasteiger partial charge in [-0.1, -0.05) is 78.9 Å². The van der Waals surface area contributed by atoms with Crippen LogP contribution in [0.2, 0.25) is 0 Å². The van der Waals surface area contributed by atoms with Crippen molar-refractivity contribution >= 4 is 23.5 Å². The van der Waals surface area contributed by atoms with Gasteiger partial charge in [0.1, 0.15) is 0 Å². The number of ether oxygens (including phenoxy) is 1. The van der Waals surface area contributed by atoms with Gasteiger partial charge in [0.25, 0.3) is 0 Å². The van der Waals surface area contributed by atoms with E-state index in [-0.39, 0.29) is 0 Å². The van der Waals surface area contributed by atoms with E-state index < -0.39 is 6.89 Å². The molecule has 0 aliphatic carbocycles. The lowest BCUT2D eigenvalue weighted by atomic mass is 10.4. The minimum Gasteiger partial charge on any atom is -0.356 e. The van der Waals surface area contributed by atoms with Crippen molar-refractivity contribution in [3.8, 4) is 0 Å². The van der Waals surface area contributed by atoms with Crippen molar-refractivity contribution in [2.75, 3.05) is 7.11 Å². The molecular formula is C20H23OP. The summed E-state index contributed by atoms with van der Waals surface area (Å²) in [4.78, 5) is 0. The molecular weight excluding hydrogens is 287 g/mol. The third-order valence-electron chi connectivity index (χ3n) is 3.68. The first kappa shape index (κ1) is 16.5. The second-order valence-electron chi connectivity index (χ2n) is 5.07. The molecule has 2 rings (SSSR count). The van der Waals surface area contributed by atoms with Gasteiger partial charge in [0.15, 0.2) is 0 Å². The van der Waals surface area contributed by atoms with E-state index in [2.05, 4.69) is 85.8 Å². The highest BCUT2D eigenvalue weighted by atomic mass is 31.2. The summed E-state index contributed by atoms with van der Waals surface area (Å²) in [6, 6.07) is 21.3. The van der Waals surface area contributed by atoms with Crippen molar-refractivity contribution in [1.29, 1.82) is 0 Å². The molecule has 0 heterocycles. The van der Waals surface area contributed by atoms with Gasteiger partial charge in [0, 0.05) is 13.1 Å². The van der Waals surface area contributed by atoms with Gasteiger partial charge in [0.05, 0.1) is 0 Å². The molecule has 0 N–H and O–H groups in total. The molecule has 0 saturated heterocycles. The molecule has 0 spiro atoms. The second kappa shape index (κ2) is 7.98. The Bertz CT molecular complexity index is 654. The van der Waals surface area contributed by atoms with E-state index in [0.717, 1.165) is 0 Å². The van der Waals surface area contributed by atoms with Gasteiger partial charge in [0.2, 0.25) is 0 Å². The van der Waals surface area contributed by atoms with Crippen LogP contribution in [0.25, 0.3) is 0 Å². The summed E-state index contributed by atoms with van der Waals surface area (Å²) >= 11 is 0. The molecule has 114 valence electrons. The smallest absolute Gasteiger partial charge is 0.0470 e. The fraction of sp³-hybridized carbons (Fsp3) is 0.150. The molecule has 0 unspecified atom stereocenters. The maximum atomic E-state index is 5.58. The first-order valence-corrected chi connectivity index (χ1v) is 9.29. The Morgan fingerprint density at radius 1 is 0.909 bits per heavy atom. The van der Waals surface area contributed by atoms with Crippen LogP contribution in [0.3, 0.4) is 0 Å². The zero-order chi connectivity index (χ0) is 15.8. The van der Waals surface area contributed by atoms with Gasteiger partial charge in [-0.3, -0.25) is 0 Å². The van der Waals surface area contributed by atoms with Crippen LogP contribution in [-0.4, -0.2) is 13.1 Å². The number of hydrogen-bond donors (Lipinski definition) is 0. The Labute approximate surface area is 133 Å². The number of allylic oxidation sites excluding steroid dienone is 4. The summed E-state index contributed by atoms with van der Waals surface area (Å²) in [5, 5.41) is 3.94. The Morgan fingerprint density at radius 3 is 1.82 bits per heavy atom. The zero-order valence-electron chi connectivity index (χ0n) is 13.4. The van der Waals surface area contributed by atoms with Gasteiger partial charge >= 0.3 is 0 Å². The van der Waals surface area contributed by atoms with Crippen molar-refractivity contribution in [3.05, 3.63) is 84.2 Å². The molecule has 0 amide bonds. The SMILES string of the molecule is CC=CC=C(C)P(=COC)(c1ccccc1)c1ccccc1. The average Bonchev–Trinajstić information content (AvgIpc) is 2.59. The normalized spacial score (nSPS) is 12.6. The Kier molecular flexibility index (Phi) is 6.00. The molecule has 22 heavy (non-hydrogen) atoms. The number of methoxy groups -OCH3 is 1. The van der Waals surface area contributed by atoms with E-state index in [1.165, 1.54) is 15.9 Å². The molecule has 2 aromatic carbocycles. The molecule has 0 aliphatic rings. The van der Waals surface area contributed by atoms with Crippen molar-refractivity contribution < 1.29 is 4.74 Å². The number of benzene rings is 2. The highest BCUT2D eigenvalue weighted by Crippen LogP contribution is 2.52. The first-order chi connectivity index (χ1) is 10.8. The Hall–Kier alpha value is -1.82. The number of rotatable bonds is 5. The van der Waals surface area contributed by atoms with Crippen LogP contribution >= 0.6 is 6.89 Å². The highest BCUT2D eigenvalue weighted by Gasteiger charge is 2.24. The monoisotopic (exact) mass is 310 g/mol. The fourth-order valence-electron chi connectivity index (χ4n) is 2.60. The predicted molar refractivity (Wildman–Crippen MR) is 101 cm³/mol. The minimum absolute atomic E-state index is 1.31. The fourth-order valence-corrected chi connectivity index (χ4v) is 6.04. The van der Waals surface area contributed by atoms with Crippen LogP contribution in [0, 0.1) is 0 Å². The molecule has 0 aliphatic heterocycles. The van der Waals surface area contributed by atoms with Crippen molar-refractivity contribution in [3.63, 3.8) is 0 Å².